The Morgan fingerprint density at radius 3 is 3.10 bits per heavy atom. The van der Waals surface area contributed by atoms with Gasteiger partial charge in [0.25, 0.3) is 5.56 Å². The van der Waals surface area contributed by atoms with Gasteiger partial charge in [0.1, 0.15) is 5.75 Å². The van der Waals surface area contributed by atoms with Crippen molar-refractivity contribution in [2.75, 3.05) is 20.2 Å². The Kier molecular flexibility index (Phi) is 3.52. The Balaban J connectivity index is 2.12. The first-order valence-corrected chi connectivity index (χ1v) is 6.76. The van der Waals surface area contributed by atoms with Gasteiger partial charge in [-0.1, -0.05) is 12.1 Å². The second kappa shape index (κ2) is 5.46. The molecule has 0 amide bonds. The van der Waals surface area contributed by atoms with Crippen molar-refractivity contribution in [2.24, 2.45) is 0 Å². The molecule has 0 spiro atoms. The van der Waals surface area contributed by atoms with Gasteiger partial charge in [0.05, 0.1) is 18.6 Å². The number of rotatable bonds is 3. The highest BCUT2D eigenvalue weighted by Crippen LogP contribution is 2.31. The predicted molar refractivity (Wildman–Crippen MR) is 77.1 cm³/mol. The monoisotopic (exact) mass is 271 g/mol. The molecule has 2 aromatic rings. The molecule has 0 radical (unpaired) electrons. The minimum atomic E-state index is 0.0329. The highest BCUT2D eigenvalue weighted by atomic mass is 16.5. The van der Waals surface area contributed by atoms with E-state index in [1.807, 2.05) is 31.3 Å². The van der Waals surface area contributed by atoms with Crippen LogP contribution < -0.4 is 15.6 Å². The number of nitrogens with one attached hydrogen (secondary N) is 1. The van der Waals surface area contributed by atoms with Crippen molar-refractivity contribution in [3.8, 4) is 17.0 Å². The third-order valence-electron chi connectivity index (χ3n) is 3.49. The Labute approximate surface area is 117 Å². The lowest BCUT2D eigenvalue weighted by atomic mass is 10.1. The molecule has 0 aliphatic carbocycles. The van der Waals surface area contributed by atoms with Gasteiger partial charge in [-0.05, 0) is 19.2 Å². The first kappa shape index (κ1) is 12.9. The summed E-state index contributed by atoms with van der Waals surface area (Å²) in [4.78, 5) is 17.0. The minimum absolute atomic E-state index is 0.0329. The van der Waals surface area contributed by atoms with E-state index in [1.165, 1.54) is 0 Å². The fourth-order valence-electron chi connectivity index (χ4n) is 2.43. The molecule has 5 nitrogen and oxygen atoms in total. The summed E-state index contributed by atoms with van der Waals surface area (Å²) in [5.41, 5.74) is 2.43. The molecule has 3 rings (SSSR count). The van der Waals surface area contributed by atoms with Crippen LogP contribution in [0.25, 0.3) is 11.3 Å². The van der Waals surface area contributed by atoms with Crippen LogP contribution in [-0.4, -0.2) is 29.8 Å². The molecule has 0 saturated heterocycles. The number of likely N-dealkylation sites (N-methyl/N-ethyl adjacent to an activating group) is 1. The summed E-state index contributed by atoms with van der Waals surface area (Å²) < 4.78 is 7.36. The second-order valence-electron chi connectivity index (χ2n) is 4.77. The molecule has 2 heterocycles. The molecule has 20 heavy (non-hydrogen) atoms. The lowest BCUT2D eigenvalue weighted by molar-refractivity contribution is 0.326. The maximum atomic E-state index is 12.5. The van der Waals surface area contributed by atoms with Gasteiger partial charge in [0.2, 0.25) is 0 Å². The van der Waals surface area contributed by atoms with Crippen LogP contribution in [0.4, 0.5) is 0 Å². The number of fused-ring (bicyclic) bond motifs is 3. The zero-order chi connectivity index (χ0) is 13.9. The minimum Gasteiger partial charge on any atom is -0.493 e. The number of para-hydroxylation sites is 1. The molecule has 5 heteroatoms. The Hall–Kier alpha value is -2.14. The topological polar surface area (TPSA) is 56.2 Å². The van der Waals surface area contributed by atoms with Crippen molar-refractivity contribution in [1.82, 2.24) is 14.9 Å². The molecular weight excluding hydrogens is 254 g/mol. The van der Waals surface area contributed by atoms with Gasteiger partial charge in [0.15, 0.2) is 0 Å². The van der Waals surface area contributed by atoms with Gasteiger partial charge >= 0.3 is 0 Å². The van der Waals surface area contributed by atoms with Gasteiger partial charge < -0.3 is 10.1 Å². The van der Waals surface area contributed by atoms with E-state index in [9.17, 15) is 4.79 Å². The Morgan fingerprint density at radius 1 is 1.40 bits per heavy atom. The summed E-state index contributed by atoms with van der Waals surface area (Å²) in [6, 6.07) is 7.73. The Morgan fingerprint density at radius 2 is 2.25 bits per heavy atom. The average molecular weight is 271 g/mol. The SMILES string of the molecule is CNCCn1cnc2c(c1=O)CCOc1ccccc1-2. The fourth-order valence-corrected chi connectivity index (χ4v) is 2.43. The summed E-state index contributed by atoms with van der Waals surface area (Å²) in [6.45, 7) is 1.88. The van der Waals surface area contributed by atoms with Crippen LogP contribution in [0.5, 0.6) is 5.75 Å². The van der Waals surface area contributed by atoms with Crippen LogP contribution in [0, 0.1) is 0 Å². The number of benzene rings is 1. The van der Waals surface area contributed by atoms with Crippen molar-refractivity contribution < 1.29 is 4.74 Å². The van der Waals surface area contributed by atoms with E-state index in [0.717, 1.165) is 29.1 Å². The van der Waals surface area contributed by atoms with Crippen molar-refractivity contribution in [1.29, 1.82) is 0 Å². The summed E-state index contributed by atoms with van der Waals surface area (Å²) in [6.07, 6.45) is 2.22. The van der Waals surface area contributed by atoms with Crippen LogP contribution in [0.2, 0.25) is 0 Å². The van der Waals surface area contributed by atoms with Crippen LogP contribution in [0.3, 0.4) is 0 Å². The third-order valence-corrected chi connectivity index (χ3v) is 3.49. The van der Waals surface area contributed by atoms with Crippen LogP contribution in [0.1, 0.15) is 5.56 Å². The number of aromatic nitrogens is 2. The first-order chi connectivity index (χ1) is 9.81. The first-order valence-electron chi connectivity index (χ1n) is 6.76. The molecule has 0 bridgehead atoms. The molecular formula is C15H17N3O2. The lowest BCUT2D eigenvalue weighted by Crippen LogP contribution is -2.29. The molecule has 1 aromatic carbocycles. The fraction of sp³-hybridized carbons (Fsp3) is 0.333. The number of hydrogen-bond donors (Lipinski definition) is 1. The van der Waals surface area contributed by atoms with Crippen LogP contribution >= 0.6 is 0 Å². The number of nitrogens with zero attached hydrogens (tertiary/aromatic N) is 2. The molecule has 1 aliphatic heterocycles. The van der Waals surface area contributed by atoms with E-state index < -0.39 is 0 Å². The predicted octanol–water partition coefficient (Wildman–Crippen LogP) is 1.06. The normalized spacial score (nSPS) is 13.1. The second-order valence-corrected chi connectivity index (χ2v) is 4.77. The van der Waals surface area contributed by atoms with E-state index in [2.05, 4.69) is 10.3 Å². The largest absolute Gasteiger partial charge is 0.493 e. The molecule has 104 valence electrons. The van der Waals surface area contributed by atoms with Crippen molar-refractivity contribution in [3.05, 3.63) is 46.5 Å². The highest BCUT2D eigenvalue weighted by Gasteiger charge is 2.19. The number of hydrogen-bond acceptors (Lipinski definition) is 4. The van der Waals surface area contributed by atoms with Gasteiger partial charge in [-0.2, -0.15) is 0 Å². The molecule has 0 unspecified atom stereocenters. The summed E-state index contributed by atoms with van der Waals surface area (Å²) in [5, 5.41) is 3.04. The molecule has 0 atom stereocenters. The van der Waals surface area contributed by atoms with E-state index in [1.54, 1.807) is 10.9 Å². The summed E-state index contributed by atoms with van der Waals surface area (Å²) >= 11 is 0. The lowest BCUT2D eigenvalue weighted by Gasteiger charge is -2.10. The maximum absolute atomic E-state index is 12.5. The molecule has 0 fully saturated rings. The molecule has 1 N–H and O–H groups in total. The average Bonchev–Trinajstić information content (AvgIpc) is 2.67. The van der Waals surface area contributed by atoms with Crippen molar-refractivity contribution in [2.45, 2.75) is 13.0 Å². The van der Waals surface area contributed by atoms with Gasteiger partial charge in [-0.3, -0.25) is 9.36 Å². The van der Waals surface area contributed by atoms with Crippen molar-refractivity contribution in [3.63, 3.8) is 0 Å². The zero-order valence-corrected chi connectivity index (χ0v) is 11.4. The standard InChI is InChI=1S/C15H17N3O2/c1-16-7-8-18-10-17-14-11-4-2-3-5-13(11)20-9-6-12(14)15(18)19/h2-5,10,16H,6-9H2,1H3. The highest BCUT2D eigenvalue weighted by molar-refractivity contribution is 5.70. The molecule has 1 aromatic heterocycles. The number of ether oxygens (including phenoxy) is 1. The summed E-state index contributed by atoms with van der Waals surface area (Å²) in [7, 11) is 1.87. The smallest absolute Gasteiger partial charge is 0.257 e. The van der Waals surface area contributed by atoms with Crippen LogP contribution in [-0.2, 0) is 13.0 Å². The third kappa shape index (κ3) is 2.20. The van der Waals surface area contributed by atoms with E-state index in [0.29, 0.717) is 19.6 Å². The quantitative estimate of drug-likeness (QED) is 0.907. The van der Waals surface area contributed by atoms with Crippen molar-refractivity contribution >= 4 is 0 Å². The van der Waals surface area contributed by atoms with Gasteiger partial charge in [-0.25, -0.2) is 4.98 Å². The maximum Gasteiger partial charge on any atom is 0.257 e. The molecule has 1 aliphatic rings. The van der Waals surface area contributed by atoms with E-state index >= 15 is 0 Å². The van der Waals surface area contributed by atoms with E-state index in [4.69, 9.17) is 4.74 Å². The van der Waals surface area contributed by atoms with Crippen LogP contribution in [0.15, 0.2) is 35.4 Å². The summed E-state index contributed by atoms with van der Waals surface area (Å²) in [5.74, 6) is 0.797. The van der Waals surface area contributed by atoms with Gasteiger partial charge in [-0.15, -0.1) is 0 Å². The zero-order valence-electron chi connectivity index (χ0n) is 11.4. The Bertz CT molecular complexity index is 679. The van der Waals surface area contributed by atoms with E-state index in [-0.39, 0.29) is 5.56 Å². The van der Waals surface area contributed by atoms with Gasteiger partial charge in [0, 0.05) is 30.6 Å². The molecule has 0 saturated carbocycles.